The lowest BCUT2D eigenvalue weighted by molar-refractivity contribution is 0.0953. The van der Waals surface area contributed by atoms with Crippen molar-refractivity contribution < 1.29 is 17.9 Å². The van der Waals surface area contributed by atoms with E-state index in [0.717, 1.165) is 23.6 Å². The molecule has 138 valence electrons. The number of allylic oxidation sites excluding steroid dienone is 1. The van der Waals surface area contributed by atoms with Crippen molar-refractivity contribution in [1.82, 2.24) is 9.62 Å². The van der Waals surface area contributed by atoms with Crippen molar-refractivity contribution in [1.29, 1.82) is 0 Å². The summed E-state index contributed by atoms with van der Waals surface area (Å²) in [6.07, 6.45) is 7.77. The van der Waals surface area contributed by atoms with Gasteiger partial charge in [-0.25, -0.2) is 12.7 Å². The summed E-state index contributed by atoms with van der Waals surface area (Å²) >= 11 is 0. The number of hydrogen-bond acceptors (Lipinski definition) is 4. The summed E-state index contributed by atoms with van der Waals surface area (Å²) in [6.45, 7) is 0.548. The molecule has 0 aromatic heterocycles. The minimum absolute atomic E-state index is 0.0114. The maximum atomic E-state index is 12.4. The van der Waals surface area contributed by atoms with Crippen molar-refractivity contribution in [2.45, 2.75) is 37.0 Å². The van der Waals surface area contributed by atoms with Crippen molar-refractivity contribution in [2.24, 2.45) is 0 Å². The summed E-state index contributed by atoms with van der Waals surface area (Å²) in [7, 11) is 0.598. The highest BCUT2D eigenvalue weighted by Crippen LogP contribution is 2.27. The topological polar surface area (TPSA) is 75.7 Å². The molecule has 25 heavy (non-hydrogen) atoms. The van der Waals surface area contributed by atoms with Crippen molar-refractivity contribution in [3.05, 3.63) is 35.4 Å². The molecule has 0 fully saturated rings. The molecule has 2 rings (SSSR count). The molecule has 0 spiro atoms. The Hall–Kier alpha value is -1.86. The van der Waals surface area contributed by atoms with Crippen molar-refractivity contribution in [3.63, 3.8) is 0 Å². The Labute approximate surface area is 149 Å². The normalized spacial score (nSPS) is 15.0. The lowest BCUT2D eigenvalue weighted by atomic mass is 9.97. The van der Waals surface area contributed by atoms with Crippen molar-refractivity contribution in [3.8, 4) is 5.75 Å². The van der Waals surface area contributed by atoms with Crippen LogP contribution in [0, 0.1) is 0 Å². The van der Waals surface area contributed by atoms with Gasteiger partial charge in [-0.3, -0.25) is 4.79 Å². The first-order valence-electron chi connectivity index (χ1n) is 8.43. The lowest BCUT2D eigenvalue weighted by Crippen LogP contribution is -2.26. The second-order valence-corrected chi connectivity index (χ2v) is 8.39. The van der Waals surface area contributed by atoms with Gasteiger partial charge < -0.3 is 10.1 Å². The molecule has 1 aliphatic rings. The summed E-state index contributed by atoms with van der Waals surface area (Å²) in [5.41, 5.74) is 1.69. The number of hydrogen-bond donors (Lipinski definition) is 1. The average molecular weight is 366 g/mol. The van der Waals surface area contributed by atoms with Gasteiger partial charge in [-0.2, -0.15) is 0 Å². The zero-order chi connectivity index (χ0) is 18.4. The van der Waals surface area contributed by atoms with E-state index in [-0.39, 0.29) is 16.6 Å². The molecule has 0 heterocycles. The standard InChI is InChI=1S/C18H26N2O4S/c1-20(2)25(22,23)17-13-15(9-10-16(17)24-3)18(21)19-12-11-14-7-5-4-6-8-14/h7,9-10,13H,4-6,8,11-12H2,1-3H3,(H,19,21). The number of sulfonamides is 1. The maximum Gasteiger partial charge on any atom is 0.251 e. The Morgan fingerprint density at radius 1 is 1.28 bits per heavy atom. The first kappa shape index (κ1) is 19.5. The molecule has 7 heteroatoms. The minimum atomic E-state index is -3.69. The summed E-state index contributed by atoms with van der Waals surface area (Å²) in [5, 5.41) is 2.86. The third-order valence-electron chi connectivity index (χ3n) is 4.30. The van der Waals surface area contributed by atoms with Crippen LogP contribution in [-0.4, -0.2) is 46.4 Å². The predicted molar refractivity (Wildman–Crippen MR) is 97.4 cm³/mol. The smallest absolute Gasteiger partial charge is 0.251 e. The molecule has 0 radical (unpaired) electrons. The maximum absolute atomic E-state index is 12.4. The number of nitrogens with zero attached hydrogens (tertiary/aromatic N) is 1. The van der Waals surface area contributed by atoms with E-state index in [0.29, 0.717) is 12.1 Å². The van der Waals surface area contributed by atoms with Gasteiger partial charge in [0.25, 0.3) is 5.91 Å². The van der Waals surface area contributed by atoms with E-state index in [1.807, 2.05) is 0 Å². The SMILES string of the molecule is COc1ccc(C(=O)NCCC2=CCCCC2)cc1S(=O)(=O)N(C)C. The number of methoxy groups -OCH3 is 1. The van der Waals surface area contributed by atoms with Gasteiger partial charge in [-0.1, -0.05) is 11.6 Å². The summed E-state index contributed by atoms with van der Waals surface area (Å²) in [5.74, 6) is -0.0631. The molecule has 0 atom stereocenters. The fourth-order valence-corrected chi connectivity index (χ4v) is 3.86. The Morgan fingerprint density at radius 2 is 2.04 bits per heavy atom. The Balaban J connectivity index is 2.10. The third kappa shape index (κ3) is 4.83. The van der Waals surface area contributed by atoms with Gasteiger partial charge >= 0.3 is 0 Å². The fourth-order valence-electron chi connectivity index (χ4n) is 2.79. The van der Waals surface area contributed by atoms with E-state index < -0.39 is 10.0 Å². The van der Waals surface area contributed by atoms with Crippen LogP contribution in [0.5, 0.6) is 5.75 Å². The molecule has 0 aliphatic heterocycles. The molecule has 1 amide bonds. The molecule has 0 unspecified atom stereocenters. The molecule has 1 aromatic rings. The molecule has 0 saturated heterocycles. The third-order valence-corrected chi connectivity index (χ3v) is 6.14. The highest BCUT2D eigenvalue weighted by atomic mass is 32.2. The van der Waals surface area contributed by atoms with Crippen LogP contribution in [-0.2, 0) is 10.0 Å². The van der Waals surface area contributed by atoms with E-state index in [4.69, 9.17) is 4.74 Å². The van der Waals surface area contributed by atoms with E-state index in [9.17, 15) is 13.2 Å². The number of ether oxygens (including phenoxy) is 1. The van der Waals surface area contributed by atoms with Gasteiger partial charge in [0.2, 0.25) is 10.0 Å². The molecule has 6 nitrogen and oxygen atoms in total. The molecule has 0 bridgehead atoms. The van der Waals surface area contributed by atoms with Crippen LogP contribution in [0.25, 0.3) is 0 Å². The lowest BCUT2D eigenvalue weighted by Gasteiger charge is -2.16. The van der Waals surface area contributed by atoms with Crippen LogP contribution in [0.15, 0.2) is 34.7 Å². The van der Waals surface area contributed by atoms with E-state index in [1.54, 1.807) is 6.07 Å². The number of nitrogens with one attached hydrogen (secondary N) is 1. The number of carbonyl (C=O) groups excluding carboxylic acids is 1. The predicted octanol–water partition coefficient (Wildman–Crippen LogP) is 2.57. The molecular formula is C18H26N2O4S. The number of rotatable bonds is 7. The van der Waals surface area contributed by atoms with E-state index in [1.165, 1.54) is 51.8 Å². The van der Waals surface area contributed by atoms with Crippen molar-refractivity contribution >= 4 is 15.9 Å². The minimum Gasteiger partial charge on any atom is -0.495 e. The number of carbonyl (C=O) groups is 1. The van der Waals surface area contributed by atoms with Gasteiger partial charge in [0, 0.05) is 26.2 Å². The second kappa shape index (κ2) is 8.49. The van der Waals surface area contributed by atoms with Crippen LogP contribution < -0.4 is 10.1 Å². The zero-order valence-electron chi connectivity index (χ0n) is 15.0. The second-order valence-electron chi connectivity index (χ2n) is 6.27. The molecule has 1 aliphatic carbocycles. The molecule has 1 N–H and O–H groups in total. The van der Waals surface area contributed by atoms with E-state index >= 15 is 0 Å². The van der Waals surface area contributed by atoms with Crippen LogP contribution >= 0.6 is 0 Å². The van der Waals surface area contributed by atoms with Crippen molar-refractivity contribution in [2.75, 3.05) is 27.7 Å². The van der Waals surface area contributed by atoms with Crippen LogP contribution in [0.4, 0.5) is 0 Å². The largest absolute Gasteiger partial charge is 0.495 e. The summed E-state index contributed by atoms with van der Waals surface area (Å²) in [4.78, 5) is 12.3. The quantitative estimate of drug-likeness (QED) is 0.753. The number of amides is 1. The fraction of sp³-hybridized carbons (Fsp3) is 0.500. The van der Waals surface area contributed by atoms with Crippen LogP contribution in [0.3, 0.4) is 0 Å². The highest BCUT2D eigenvalue weighted by Gasteiger charge is 2.23. The summed E-state index contributed by atoms with van der Waals surface area (Å²) < 4.78 is 31.1. The van der Waals surface area contributed by atoms with Gasteiger partial charge in [0.05, 0.1) is 7.11 Å². The zero-order valence-corrected chi connectivity index (χ0v) is 15.9. The first-order valence-corrected chi connectivity index (χ1v) is 9.87. The first-order chi connectivity index (χ1) is 11.9. The monoisotopic (exact) mass is 366 g/mol. The Morgan fingerprint density at radius 3 is 2.64 bits per heavy atom. The molecule has 1 aromatic carbocycles. The van der Waals surface area contributed by atoms with Crippen LogP contribution in [0.1, 0.15) is 42.5 Å². The molecular weight excluding hydrogens is 340 g/mol. The van der Waals surface area contributed by atoms with Gasteiger partial charge in [-0.15, -0.1) is 0 Å². The van der Waals surface area contributed by atoms with Gasteiger partial charge in [0.15, 0.2) is 0 Å². The number of benzene rings is 1. The van der Waals surface area contributed by atoms with E-state index in [2.05, 4.69) is 11.4 Å². The Kier molecular flexibility index (Phi) is 6.61. The van der Waals surface area contributed by atoms with Gasteiger partial charge in [-0.05, 0) is 50.3 Å². The van der Waals surface area contributed by atoms with Gasteiger partial charge in [0.1, 0.15) is 10.6 Å². The average Bonchev–Trinajstić information content (AvgIpc) is 2.61. The Bertz CT molecular complexity index is 754. The molecule has 0 saturated carbocycles. The van der Waals surface area contributed by atoms with Crippen LogP contribution in [0.2, 0.25) is 0 Å². The summed E-state index contributed by atoms with van der Waals surface area (Å²) in [6, 6.07) is 4.45. The highest BCUT2D eigenvalue weighted by molar-refractivity contribution is 7.89.